The van der Waals surface area contributed by atoms with Crippen molar-refractivity contribution in [2.75, 3.05) is 34.3 Å². The van der Waals surface area contributed by atoms with Gasteiger partial charge in [0.1, 0.15) is 11.6 Å². The molecule has 5 nitrogen and oxygen atoms in total. The number of benzene rings is 1. The van der Waals surface area contributed by atoms with Crippen LogP contribution in [-0.4, -0.2) is 56.2 Å². The SMILES string of the molecule is COc1cccc(F)c1[C@@H](C)NC(=O)N1CCC[C@H](N(C)C)C1. The largest absolute Gasteiger partial charge is 0.496 e. The fourth-order valence-electron chi connectivity index (χ4n) is 3.02. The molecule has 1 N–H and O–H groups in total. The number of rotatable bonds is 4. The highest BCUT2D eigenvalue weighted by molar-refractivity contribution is 5.75. The second-order valence-corrected chi connectivity index (χ2v) is 6.23. The summed E-state index contributed by atoms with van der Waals surface area (Å²) in [4.78, 5) is 16.4. The maximum Gasteiger partial charge on any atom is 0.317 e. The van der Waals surface area contributed by atoms with E-state index in [9.17, 15) is 9.18 Å². The fraction of sp³-hybridized carbons (Fsp3) is 0.588. The summed E-state index contributed by atoms with van der Waals surface area (Å²) in [5.74, 6) is 0.0737. The fourth-order valence-corrected chi connectivity index (χ4v) is 3.02. The minimum atomic E-state index is -0.460. The van der Waals surface area contributed by atoms with Crippen LogP contribution in [0, 0.1) is 5.82 Å². The number of nitrogens with one attached hydrogen (secondary N) is 1. The number of halogens is 1. The average molecular weight is 323 g/mol. The smallest absolute Gasteiger partial charge is 0.317 e. The highest BCUT2D eigenvalue weighted by Gasteiger charge is 2.26. The maximum absolute atomic E-state index is 14.1. The Morgan fingerprint density at radius 2 is 2.22 bits per heavy atom. The van der Waals surface area contributed by atoms with Crippen LogP contribution in [-0.2, 0) is 0 Å². The van der Waals surface area contributed by atoms with Gasteiger partial charge in [0.05, 0.1) is 18.7 Å². The van der Waals surface area contributed by atoms with Crippen LogP contribution in [0.1, 0.15) is 31.4 Å². The second-order valence-electron chi connectivity index (χ2n) is 6.23. The molecule has 2 atom stereocenters. The summed E-state index contributed by atoms with van der Waals surface area (Å²) in [5, 5.41) is 2.89. The van der Waals surface area contributed by atoms with Crippen LogP contribution in [0.3, 0.4) is 0 Å². The van der Waals surface area contributed by atoms with Crippen molar-refractivity contribution in [1.29, 1.82) is 0 Å². The lowest BCUT2D eigenvalue weighted by Gasteiger charge is -2.36. The topological polar surface area (TPSA) is 44.8 Å². The van der Waals surface area contributed by atoms with Crippen LogP contribution in [0.2, 0.25) is 0 Å². The number of urea groups is 1. The number of ether oxygens (including phenoxy) is 1. The molecule has 0 unspecified atom stereocenters. The first-order valence-electron chi connectivity index (χ1n) is 7.98. The number of methoxy groups -OCH3 is 1. The number of likely N-dealkylation sites (tertiary alicyclic amines) is 1. The molecule has 1 aliphatic rings. The Morgan fingerprint density at radius 1 is 1.48 bits per heavy atom. The van der Waals surface area contributed by atoms with Crippen LogP contribution < -0.4 is 10.1 Å². The minimum absolute atomic E-state index is 0.158. The highest BCUT2D eigenvalue weighted by atomic mass is 19.1. The number of nitrogens with zero attached hydrogens (tertiary/aromatic N) is 2. The van der Waals surface area contributed by atoms with E-state index in [4.69, 9.17) is 4.74 Å². The van der Waals surface area contributed by atoms with E-state index in [0.29, 0.717) is 23.9 Å². The summed E-state index contributed by atoms with van der Waals surface area (Å²) in [7, 11) is 5.55. The van der Waals surface area contributed by atoms with Gasteiger partial charge in [-0.15, -0.1) is 0 Å². The van der Waals surface area contributed by atoms with Crippen molar-refractivity contribution in [3.8, 4) is 5.75 Å². The first-order chi connectivity index (χ1) is 10.9. The standard InChI is InChI=1S/C17H26FN3O2/c1-12(16-14(18)8-5-9-15(16)23-4)19-17(22)21-10-6-7-13(11-21)20(2)3/h5,8-9,12-13H,6-7,10-11H2,1-4H3,(H,19,22)/t12-,13+/m1/s1. The maximum atomic E-state index is 14.1. The summed E-state index contributed by atoms with van der Waals surface area (Å²) < 4.78 is 19.3. The van der Waals surface area contributed by atoms with E-state index in [2.05, 4.69) is 10.2 Å². The lowest BCUT2D eigenvalue weighted by Crippen LogP contribution is -2.51. The van der Waals surface area contributed by atoms with Crippen molar-refractivity contribution in [2.24, 2.45) is 0 Å². The van der Waals surface area contributed by atoms with E-state index in [1.54, 1.807) is 24.0 Å². The molecule has 0 aromatic heterocycles. The van der Waals surface area contributed by atoms with Crippen LogP contribution in [0.4, 0.5) is 9.18 Å². The molecule has 0 bridgehead atoms. The molecule has 23 heavy (non-hydrogen) atoms. The zero-order valence-electron chi connectivity index (χ0n) is 14.3. The number of hydrogen-bond donors (Lipinski definition) is 1. The zero-order valence-corrected chi connectivity index (χ0v) is 14.3. The summed E-state index contributed by atoms with van der Waals surface area (Å²) in [6, 6.07) is 4.42. The van der Waals surface area contributed by atoms with Crippen LogP contribution in [0.15, 0.2) is 18.2 Å². The number of piperidine rings is 1. The van der Waals surface area contributed by atoms with Gasteiger partial charge in [-0.25, -0.2) is 9.18 Å². The summed E-state index contributed by atoms with van der Waals surface area (Å²) >= 11 is 0. The number of carbonyl (C=O) groups excluding carboxylic acids is 1. The molecular formula is C17H26FN3O2. The lowest BCUT2D eigenvalue weighted by atomic mass is 10.0. The Morgan fingerprint density at radius 3 is 2.87 bits per heavy atom. The minimum Gasteiger partial charge on any atom is -0.496 e. The molecule has 1 saturated heterocycles. The molecule has 0 radical (unpaired) electrons. The molecule has 1 aliphatic heterocycles. The van der Waals surface area contributed by atoms with Crippen molar-refractivity contribution in [3.63, 3.8) is 0 Å². The van der Waals surface area contributed by atoms with Gasteiger partial charge in [-0.1, -0.05) is 6.07 Å². The Balaban J connectivity index is 2.05. The lowest BCUT2D eigenvalue weighted by molar-refractivity contribution is 0.138. The van der Waals surface area contributed by atoms with Gasteiger partial charge in [0.15, 0.2) is 0 Å². The molecule has 0 spiro atoms. The van der Waals surface area contributed by atoms with E-state index in [-0.39, 0.29) is 11.8 Å². The number of likely N-dealkylation sites (N-methyl/N-ethyl adjacent to an activating group) is 1. The number of amides is 2. The molecule has 1 aromatic carbocycles. The van der Waals surface area contributed by atoms with E-state index in [0.717, 1.165) is 19.4 Å². The van der Waals surface area contributed by atoms with Gasteiger partial charge < -0.3 is 19.9 Å². The number of hydrogen-bond acceptors (Lipinski definition) is 3. The second kappa shape index (κ2) is 7.64. The highest BCUT2D eigenvalue weighted by Crippen LogP contribution is 2.28. The van der Waals surface area contributed by atoms with Crippen LogP contribution in [0.5, 0.6) is 5.75 Å². The first kappa shape index (κ1) is 17.5. The van der Waals surface area contributed by atoms with E-state index >= 15 is 0 Å². The van der Waals surface area contributed by atoms with Gasteiger partial charge in [0.25, 0.3) is 0 Å². The number of carbonyl (C=O) groups is 1. The monoisotopic (exact) mass is 323 g/mol. The zero-order chi connectivity index (χ0) is 17.0. The third kappa shape index (κ3) is 4.13. The van der Waals surface area contributed by atoms with Gasteiger partial charge in [-0.2, -0.15) is 0 Å². The third-order valence-electron chi connectivity index (χ3n) is 4.42. The predicted octanol–water partition coefficient (Wildman–Crippen LogP) is 2.63. The van der Waals surface area contributed by atoms with Crippen molar-refractivity contribution in [3.05, 3.63) is 29.6 Å². The summed E-state index contributed by atoms with van der Waals surface area (Å²) in [5.41, 5.74) is 0.379. The molecule has 1 fully saturated rings. The Bertz CT molecular complexity index is 551. The van der Waals surface area contributed by atoms with Gasteiger partial charge in [0.2, 0.25) is 0 Å². The Labute approximate surface area is 137 Å². The molecular weight excluding hydrogens is 297 g/mol. The van der Waals surface area contributed by atoms with E-state index in [1.165, 1.54) is 13.2 Å². The molecule has 2 amide bonds. The van der Waals surface area contributed by atoms with Gasteiger partial charge >= 0.3 is 6.03 Å². The van der Waals surface area contributed by atoms with Crippen LogP contribution >= 0.6 is 0 Å². The third-order valence-corrected chi connectivity index (χ3v) is 4.42. The predicted molar refractivity (Wildman–Crippen MR) is 88.2 cm³/mol. The Kier molecular flexibility index (Phi) is 5.82. The van der Waals surface area contributed by atoms with E-state index in [1.807, 2.05) is 14.1 Å². The van der Waals surface area contributed by atoms with Crippen molar-refractivity contribution in [1.82, 2.24) is 15.1 Å². The van der Waals surface area contributed by atoms with Gasteiger partial charge in [-0.05, 0) is 46.0 Å². The van der Waals surface area contributed by atoms with E-state index < -0.39 is 6.04 Å². The van der Waals surface area contributed by atoms with Gasteiger partial charge in [-0.3, -0.25) is 0 Å². The molecule has 128 valence electrons. The van der Waals surface area contributed by atoms with Crippen molar-refractivity contribution < 1.29 is 13.9 Å². The molecule has 6 heteroatoms. The quantitative estimate of drug-likeness (QED) is 0.926. The van der Waals surface area contributed by atoms with Crippen LogP contribution in [0.25, 0.3) is 0 Å². The summed E-state index contributed by atoms with van der Waals surface area (Å²) in [6.45, 7) is 3.20. The average Bonchev–Trinajstić information content (AvgIpc) is 2.54. The first-order valence-corrected chi connectivity index (χ1v) is 7.98. The molecule has 2 rings (SSSR count). The van der Waals surface area contributed by atoms with Crippen molar-refractivity contribution >= 4 is 6.03 Å². The Hall–Kier alpha value is -1.82. The van der Waals surface area contributed by atoms with Crippen molar-refractivity contribution in [2.45, 2.75) is 31.8 Å². The van der Waals surface area contributed by atoms with Gasteiger partial charge in [0, 0.05) is 19.1 Å². The molecule has 0 saturated carbocycles. The molecule has 0 aliphatic carbocycles. The summed E-state index contributed by atoms with van der Waals surface area (Å²) in [6.07, 6.45) is 2.07. The normalized spacial score (nSPS) is 19.6. The molecule has 1 aromatic rings. The molecule has 1 heterocycles.